The molecular formula is C42H51B3O6. The Morgan fingerprint density at radius 2 is 0.451 bits per heavy atom. The van der Waals surface area contributed by atoms with Gasteiger partial charge in [-0.1, -0.05) is 72.8 Å². The SMILES string of the molecule is CC1(C)OB(c2ccc(-c3cc(-c4ccc(B5OC(C)(C)C(C)(C)O5)cc4)cc(-c4ccc(B5OC(C)(C)C(C)(C)O5)cc4)c3)cc2)OC1(C)C. The summed E-state index contributed by atoms with van der Waals surface area (Å²) in [6.07, 6.45) is 0. The summed E-state index contributed by atoms with van der Waals surface area (Å²) in [5.41, 5.74) is 7.35. The van der Waals surface area contributed by atoms with Gasteiger partial charge in [0.05, 0.1) is 33.6 Å². The van der Waals surface area contributed by atoms with E-state index in [2.05, 4.69) is 174 Å². The maximum absolute atomic E-state index is 6.33. The lowest BCUT2D eigenvalue weighted by Crippen LogP contribution is -2.41. The molecule has 3 heterocycles. The van der Waals surface area contributed by atoms with Crippen LogP contribution in [0.15, 0.2) is 91.0 Å². The highest BCUT2D eigenvalue weighted by atomic mass is 16.7. The zero-order valence-electron chi connectivity index (χ0n) is 32.3. The van der Waals surface area contributed by atoms with Gasteiger partial charge in [0.15, 0.2) is 0 Å². The van der Waals surface area contributed by atoms with Crippen LogP contribution in [0.2, 0.25) is 0 Å². The van der Waals surface area contributed by atoms with E-state index in [-0.39, 0.29) is 0 Å². The summed E-state index contributed by atoms with van der Waals surface area (Å²) in [6.45, 7) is 25.0. The molecule has 264 valence electrons. The van der Waals surface area contributed by atoms with Crippen molar-refractivity contribution in [1.82, 2.24) is 0 Å². The van der Waals surface area contributed by atoms with Crippen molar-refractivity contribution in [1.29, 1.82) is 0 Å². The number of rotatable bonds is 6. The van der Waals surface area contributed by atoms with Gasteiger partial charge in [-0.05, 0) is 151 Å². The highest BCUT2D eigenvalue weighted by Gasteiger charge is 2.53. The highest BCUT2D eigenvalue weighted by molar-refractivity contribution is 6.63. The van der Waals surface area contributed by atoms with E-state index in [9.17, 15) is 0 Å². The van der Waals surface area contributed by atoms with Crippen LogP contribution in [0.4, 0.5) is 0 Å². The zero-order valence-corrected chi connectivity index (χ0v) is 32.3. The number of hydrogen-bond donors (Lipinski definition) is 0. The van der Waals surface area contributed by atoms with E-state index < -0.39 is 55.0 Å². The average molecular weight is 684 g/mol. The molecule has 3 aliphatic heterocycles. The molecule has 0 spiro atoms. The maximum Gasteiger partial charge on any atom is 0.494 e. The minimum Gasteiger partial charge on any atom is -0.399 e. The summed E-state index contributed by atoms with van der Waals surface area (Å²) in [4.78, 5) is 0. The Morgan fingerprint density at radius 1 is 0.275 bits per heavy atom. The van der Waals surface area contributed by atoms with Crippen LogP contribution < -0.4 is 16.4 Å². The third kappa shape index (κ3) is 6.56. The summed E-state index contributed by atoms with van der Waals surface area (Å²) >= 11 is 0. The summed E-state index contributed by atoms with van der Waals surface area (Å²) < 4.78 is 38.0. The molecule has 4 aromatic carbocycles. The smallest absolute Gasteiger partial charge is 0.399 e. The lowest BCUT2D eigenvalue weighted by Gasteiger charge is -2.32. The normalized spacial score (nSPS) is 22.5. The second kappa shape index (κ2) is 12.2. The van der Waals surface area contributed by atoms with Crippen LogP contribution in [0.5, 0.6) is 0 Å². The molecule has 3 fully saturated rings. The summed E-state index contributed by atoms with van der Waals surface area (Å²) in [5.74, 6) is 0. The average Bonchev–Trinajstić information content (AvgIpc) is 3.53. The van der Waals surface area contributed by atoms with Crippen molar-refractivity contribution in [2.24, 2.45) is 0 Å². The van der Waals surface area contributed by atoms with E-state index in [0.717, 1.165) is 49.8 Å². The van der Waals surface area contributed by atoms with Crippen molar-refractivity contribution in [2.75, 3.05) is 0 Å². The van der Waals surface area contributed by atoms with Crippen LogP contribution in [0.3, 0.4) is 0 Å². The first-order valence-electron chi connectivity index (χ1n) is 18.2. The second-order valence-corrected chi connectivity index (χ2v) is 17.4. The fraction of sp³-hybridized carbons (Fsp3) is 0.429. The molecule has 9 heteroatoms. The van der Waals surface area contributed by atoms with Gasteiger partial charge in [0.1, 0.15) is 0 Å². The van der Waals surface area contributed by atoms with Crippen LogP contribution in [0.25, 0.3) is 33.4 Å². The monoisotopic (exact) mass is 684 g/mol. The molecule has 0 N–H and O–H groups in total. The van der Waals surface area contributed by atoms with E-state index >= 15 is 0 Å². The number of benzene rings is 4. The summed E-state index contributed by atoms with van der Waals surface area (Å²) in [5, 5.41) is 0. The van der Waals surface area contributed by atoms with Gasteiger partial charge in [-0.25, -0.2) is 0 Å². The standard InChI is InChI=1S/C42H51B3O6/c1-37(2)38(3,4)47-43(46-37)34-19-13-28(14-20-34)31-25-32(29-15-21-35(22-16-29)44-48-39(5,6)40(7,8)49-44)27-33(26-31)30-17-23-36(24-18-30)45-50-41(9,10)42(11,12)51-45/h13-27H,1-12H3. The van der Waals surface area contributed by atoms with Crippen molar-refractivity contribution >= 4 is 37.7 Å². The molecule has 0 atom stereocenters. The van der Waals surface area contributed by atoms with Gasteiger partial charge in [0.25, 0.3) is 0 Å². The van der Waals surface area contributed by atoms with Crippen LogP contribution in [0.1, 0.15) is 83.1 Å². The van der Waals surface area contributed by atoms with Crippen molar-refractivity contribution in [3.05, 3.63) is 91.0 Å². The first-order chi connectivity index (χ1) is 23.7. The van der Waals surface area contributed by atoms with Crippen LogP contribution >= 0.6 is 0 Å². The van der Waals surface area contributed by atoms with Gasteiger partial charge in [-0.3, -0.25) is 0 Å². The minimum absolute atomic E-state index is 0.393. The summed E-state index contributed by atoms with van der Waals surface area (Å²) in [7, 11) is -1.22. The van der Waals surface area contributed by atoms with Gasteiger partial charge in [0.2, 0.25) is 0 Å². The third-order valence-corrected chi connectivity index (χ3v) is 12.2. The Labute approximate surface area is 306 Å². The summed E-state index contributed by atoms with van der Waals surface area (Å²) in [6, 6.07) is 32.4. The number of hydrogen-bond acceptors (Lipinski definition) is 6. The van der Waals surface area contributed by atoms with Crippen LogP contribution in [-0.4, -0.2) is 55.0 Å². The third-order valence-electron chi connectivity index (χ3n) is 12.2. The van der Waals surface area contributed by atoms with Gasteiger partial charge >= 0.3 is 21.4 Å². The predicted molar refractivity (Wildman–Crippen MR) is 210 cm³/mol. The van der Waals surface area contributed by atoms with E-state index in [1.807, 2.05) is 0 Å². The van der Waals surface area contributed by atoms with Gasteiger partial charge in [-0.15, -0.1) is 0 Å². The molecule has 0 aromatic heterocycles. The van der Waals surface area contributed by atoms with Gasteiger partial charge < -0.3 is 27.9 Å². The molecule has 4 aromatic rings. The van der Waals surface area contributed by atoms with Crippen molar-refractivity contribution in [3.8, 4) is 33.4 Å². The lowest BCUT2D eigenvalue weighted by molar-refractivity contribution is 0.00578. The van der Waals surface area contributed by atoms with Crippen molar-refractivity contribution < 1.29 is 27.9 Å². The Kier molecular flexibility index (Phi) is 8.65. The zero-order chi connectivity index (χ0) is 36.8. The molecule has 3 saturated heterocycles. The molecule has 0 bridgehead atoms. The first-order valence-corrected chi connectivity index (χ1v) is 18.2. The minimum atomic E-state index is -0.407. The molecule has 3 aliphatic rings. The molecule has 0 amide bonds. The molecule has 6 nitrogen and oxygen atoms in total. The molecule has 0 saturated carbocycles. The fourth-order valence-corrected chi connectivity index (χ4v) is 6.56. The van der Waals surface area contributed by atoms with E-state index in [4.69, 9.17) is 27.9 Å². The Bertz CT molecular complexity index is 1630. The highest BCUT2D eigenvalue weighted by Crippen LogP contribution is 2.39. The van der Waals surface area contributed by atoms with E-state index in [1.165, 1.54) is 0 Å². The quantitative estimate of drug-likeness (QED) is 0.195. The van der Waals surface area contributed by atoms with Crippen LogP contribution in [0, 0.1) is 0 Å². The van der Waals surface area contributed by atoms with Crippen molar-refractivity contribution in [2.45, 2.75) is 117 Å². The Hall–Kier alpha value is -3.17. The predicted octanol–water partition coefficient (Wildman–Crippen LogP) is 7.59. The van der Waals surface area contributed by atoms with E-state index in [1.54, 1.807) is 0 Å². The van der Waals surface area contributed by atoms with Gasteiger partial charge in [-0.2, -0.15) is 0 Å². The lowest BCUT2D eigenvalue weighted by atomic mass is 9.78. The first kappa shape index (κ1) is 36.2. The maximum atomic E-state index is 6.33. The van der Waals surface area contributed by atoms with Gasteiger partial charge in [0, 0.05) is 0 Å². The topological polar surface area (TPSA) is 55.4 Å². The van der Waals surface area contributed by atoms with E-state index in [0.29, 0.717) is 0 Å². The molecular weight excluding hydrogens is 633 g/mol. The largest absolute Gasteiger partial charge is 0.494 e. The molecule has 51 heavy (non-hydrogen) atoms. The molecule has 0 aliphatic carbocycles. The molecule has 7 rings (SSSR count). The Morgan fingerprint density at radius 3 is 0.627 bits per heavy atom. The Balaban J connectivity index is 1.22. The molecule has 0 unspecified atom stereocenters. The van der Waals surface area contributed by atoms with Crippen molar-refractivity contribution in [3.63, 3.8) is 0 Å². The van der Waals surface area contributed by atoms with Crippen LogP contribution in [-0.2, 0) is 27.9 Å². The second-order valence-electron chi connectivity index (χ2n) is 17.4. The molecule has 0 radical (unpaired) electrons. The fourth-order valence-electron chi connectivity index (χ4n) is 6.56.